The molecule has 0 spiro atoms. The summed E-state index contributed by atoms with van der Waals surface area (Å²) in [5, 5.41) is 4.29. The van der Waals surface area contributed by atoms with Gasteiger partial charge in [0.05, 0.1) is 29.0 Å². The van der Waals surface area contributed by atoms with E-state index in [0.717, 1.165) is 0 Å². The van der Waals surface area contributed by atoms with Crippen molar-refractivity contribution in [3.63, 3.8) is 0 Å². The highest BCUT2D eigenvalue weighted by atomic mass is 35.5. The molecule has 0 aliphatic carbocycles. The lowest BCUT2D eigenvalue weighted by atomic mass is 10.2. The molecule has 0 aliphatic rings. The number of hydrazone groups is 1. The number of benzene rings is 3. The van der Waals surface area contributed by atoms with Gasteiger partial charge in [-0.1, -0.05) is 41.9 Å². The monoisotopic (exact) mass is 422 g/mol. The zero-order valence-electron chi connectivity index (χ0n) is 16.2. The van der Waals surface area contributed by atoms with Gasteiger partial charge < -0.3 is 9.47 Å². The fourth-order valence-electron chi connectivity index (χ4n) is 2.56. The molecule has 0 aliphatic heterocycles. The number of esters is 1. The van der Waals surface area contributed by atoms with Crippen molar-refractivity contribution >= 4 is 29.7 Å². The molecular formula is C23H19ClN2O4. The Morgan fingerprint density at radius 2 is 1.73 bits per heavy atom. The number of carbonyl (C=O) groups is 2. The summed E-state index contributed by atoms with van der Waals surface area (Å²) in [6.45, 7) is 2.22. The van der Waals surface area contributed by atoms with Crippen LogP contribution in [0.3, 0.4) is 0 Å². The molecule has 0 atom stereocenters. The third-order valence-corrected chi connectivity index (χ3v) is 4.31. The van der Waals surface area contributed by atoms with Crippen LogP contribution in [0.5, 0.6) is 11.5 Å². The van der Waals surface area contributed by atoms with E-state index in [2.05, 4.69) is 10.5 Å². The van der Waals surface area contributed by atoms with E-state index < -0.39 is 11.9 Å². The lowest BCUT2D eigenvalue weighted by molar-refractivity contribution is 0.0728. The average Bonchev–Trinajstić information content (AvgIpc) is 2.76. The first-order chi connectivity index (χ1) is 14.6. The number of nitrogens with one attached hydrogen (secondary N) is 1. The Kier molecular flexibility index (Phi) is 7.19. The maximum absolute atomic E-state index is 12.3. The molecule has 3 aromatic carbocycles. The molecular weight excluding hydrogens is 404 g/mol. The predicted molar refractivity (Wildman–Crippen MR) is 116 cm³/mol. The van der Waals surface area contributed by atoms with Gasteiger partial charge in [0.2, 0.25) is 0 Å². The summed E-state index contributed by atoms with van der Waals surface area (Å²) in [5.41, 5.74) is 3.84. The lowest BCUT2D eigenvalue weighted by Gasteiger charge is -2.11. The average molecular weight is 423 g/mol. The highest BCUT2D eigenvalue weighted by Crippen LogP contribution is 2.29. The van der Waals surface area contributed by atoms with Gasteiger partial charge in [-0.05, 0) is 55.0 Å². The fourth-order valence-corrected chi connectivity index (χ4v) is 2.78. The van der Waals surface area contributed by atoms with Crippen LogP contribution in [0, 0.1) is 0 Å². The number of hydrogen-bond donors (Lipinski definition) is 1. The quantitative estimate of drug-likeness (QED) is 0.258. The Hall–Kier alpha value is -3.64. The number of halogens is 1. The molecule has 6 nitrogen and oxygen atoms in total. The molecule has 3 aromatic rings. The molecule has 0 radical (unpaired) electrons. The smallest absolute Gasteiger partial charge is 0.343 e. The van der Waals surface area contributed by atoms with Crippen LogP contribution >= 0.6 is 11.6 Å². The van der Waals surface area contributed by atoms with Crippen LogP contribution in [0.1, 0.15) is 33.2 Å². The molecule has 152 valence electrons. The maximum atomic E-state index is 12.3. The Bertz CT molecular complexity index is 1070. The van der Waals surface area contributed by atoms with Gasteiger partial charge >= 0.3 is 5.97 Å². The number of ether oxygens (including phenoxy) is 2. The topological polar surface area (TPSA) is 77.0 Å². The van der Waals surface area contributed by atoms with Crippen molar-refractivity contribution in [1.29, 1.82) is 0 Å². The number of nitrogens with zero attached hydrogens (tertiary/aromatic N) is 1. The van der Waals surface area contributed by atoms with Crippen molar-refractivity contribution in [2.24, 2.45) is 5.10 Å². The molecule has 0 saturated carbocycles. The molecule has 0 saturated heterocycles. The Balaban J connectivity index is 1.71. The van der Waals surface area contributed by atoms with Gasteiger partial charge in [-0.25, -0.2) is 10.2 Å². The van der Waals surface area contributed by atoms with E-state index in [9.17, 15) is 9.59 Å². The largest absolute Gasteiger partial charge is 0.490 e. The Labute approximate surface area is 179 Å². The second-order valence-electron chi connectivity index (χ2n) is 6.07. The lowest BCUT2D eigenvalue weighted by Crippen LogP contribution is -2.17. The molecule has 0 fully saturated rings. The first-order valence-electron chi connectivity index (χ1n) is 9.20. The van der Waals surface area contributed by atoms with Crippen molar-refractivity contribution in [3.8, 4) is 11.5 Å². The third kappa shape index (κ3) is 5.46. The minimum Gasteiger partial charge on any atom is -0.490 e. The van der Waals surface area contributed by atoms with Crippen LogP contribution in [-0.2, 0) is 0 Å². The minimum atomic E-state index is -0.482. The van der Waals surface area contributed by atoms with Crippen molar-refractivity contribution in [3.05, 3.63) is 94.5 Å². The van der Waals surface area contributed by atoms with Crippen LogP contribution in [0.4, 0.5) is 0 Å². The van der Waals surface area contributed by atoms with E-state index in [4.69, 9.17) is 21.1 Å². The van der Waals surface area contributed by atoms with Crippen LogP contribution < -0.4 is 14.9 Å². The SMILES string of the molecule is CCOc1cc(/C=N\NC(=O)c2ccccc2Cl)ccc1OC(=O)c1ccccc1. The second-order valence-corrected chi connectivity index (χ2v) is 6.48. The van der Waals surface area contributed by atoms with Crippen LogP contribution in [0.2, 0.25) is 5.02 Å². The molecule has 0 aromatic heterocycles. The van der Waals surface area contributed by atoms with Crippen LogP contribution in [-0.4, -0.2) is 24.7 Å². The summed E-state index contributed by atoms with van der Waals surface area (Å²) in [6, 6.07) is 20.4. The van der Waals surface area contributed by atoms with E-state index in [-0.39, 0.29) is 0 Å². The molecule has 0 heterocycles. The van der Waals surface area contributed by atoms with Gasteiger partial charge in [0.15, 0.2) is 11.5 Å². The first kappa shape index (κ1) is 21.1. The molecule has 3 rings (SSSR count). The molecule has 7 heteroatoms. The number of rotatable bonds is 7. The van der Waals surface area contributed by atoms with Gasteiger partial charge in [-0.15, -0.1) is 0 Å². The molecule has 0 bridgehead atoms. The first-order valence-corrected chi connectivity index (χ1v) is 9.58. The van der Waals surface area contributed by atoms with E-state index >= 15 is 0 Å². The van der Waals surface area contributed by atoms with Crippen LogP contribution in [0.15, 0.2) is 77.9 Å². The summed E-state index contributed by atoms with van der Waals surface area (Å²) in [7, 11) is 0. The van der Waals surface area contributed by atoms with Crippen molar-refractivity contribution < 1.29 is 19.1 Å². The van der Waals surface area contributed by atoms with Gasteiger partial charge in [-0.3, -0.25) is 4.79 Å². The molecule has 1 N–H and O–H groups in total. The van der Waals surface area contributed by atoms with Gasteiger partial charge in [0.25, 0.3) is 5.91 Å². The predicted octanol–water partition coefficient (Wildman–Crippen LogP) is 4.72. The number of amides is 1. The van der Waals surface area contributed by atoms with Crippen molar-refractivity contribution in [2.75, 3.05) is 6.61 Å². The van der Waals surface area contributed by atoms with Crippen molar-refractivity contribution in [2.45, 2.75) is 6.92 Å². The Morgan fingerprint density at radius 1 is 1.00 bits per heavy atom. The molecule has 30 heavy (non-hydrogen) atoms. The van der Waals surface area contributed by atoms with Gasteiger partial charge in [-0.2, -0.15) is 5.10 Å². The number of carbonyl (C=O) groups excluding carboxylic acids is 2. The standard InChI is InChI=1S/C23H19ClN2O4/c1-2-29-21-14-16(15-25-26-22(27)18-10-6-7-11-19(18)24)12-13-20(21)30-23(28)17-8-4-3-5-9-17/h3-15H,2H2,1H3,(H,26,27)/b25-15-. The maximum Gasteiger partial charge on any atom is 0.343 e. The number of hydrogen-bond acceptors (Lipinski definition) is 5. The summed E-state index contributed by atoms with van der Waals surface area (Å²) < 4.78 is 11.0. The Morgan fingerprint density at radius 3 is 2.47 bits per heavy atom. The van der Waals surface area contributed by atoms with E-state index in [0.29, 0.717) is 39.8 Å². The van der Waals surface area contributed by atoms with E-state index in [1.165, 1.54) is 6.21 Å². The molecule has 0 unspecified atom stereocenters. The minimum absolute atomic E-state index is 0.294. The third-order valence-electron chi connectivity index (χ3n) is 3.98. The summed E-state index contributed by atoms with van der Waals surface area (Å²) in [4.78, 5) is 24.4. The normalized spacial score (nSPS) is 10.6. The highest BCUT2D eigenvalue weighted by molar-refractivity contribution is 6.33. The van der Waals surface area contributed by atoms with E-state index in [1.54, 1.807) is 66.7 Å². The molecule has 1 amide bonds. The van der Waals surface area contributed by atoms with Crippen LogP contribution in [0.25, 0.3) is 0 Å². The van der Waals surface area contributed by atoms with E-state index in [1.807, 2.05) is 13.0 Å². The second kappa shape index (κ2) is 10.2. The van der Waals surface area contributed by atoms with Gasteiger partial charge in [0.1, 0.15) is 0 Å². The fraction of sp³-hybridized carbons (Fsp3) is 0.0870. The summed E-state index contributed by atoms with van der Waals surface area (Å²) in [6.07, 6.45) is 1.46. The summed E-state index contributed by atoms with van der Waals surface area (Å²) >= 11 is 6.00. The summed E-state index contributed by atoms with van der Waals surface area (Å²) in [5.74, 6) is -0.216. The highest BCUT2D eigenvalue weighted by Gasteiger charge is 2.13. The van der Waals surface area contributed by atoms with Crippen molar-refractivity contribution in [1.82, 2.24) is 5.43 Å². The van der Waals surface area contributed by atoms with Gasteiger partial charge in [0, 0.05) is 0 Å². The zero-order chi connectivity index (χ0) is 21.3. The zero-order valence-corrected chi connectivity index (χ0v) is 16.9.